The molecule has 1 aliphatic rings. The molecule has 0 unspecified atom stereocenters. The van der Waals surface area contributed by atoms with Gasteiger partial charge in [-0.05, 0) is 51.7 Å². The van der Waals surface area contributed by atoms with Crippen LogP contribution in [0.15, 0.2) is 23.1 Å². The van der Waals surface area contributed by atoms with E-state index in [1.807, 2.05) is 17.9 Å². The molecule has 4 nitrogen and oxygen atoms in total. The van der Waals surface area contributed by atoms with E-state index in [2.05, 4.69) is 13.8 Å². The molecule has 1 amide bonds. The van der Waals surface area contributed by atoms with Crippen LogP contribution in [-0.2, 0) is 11.3 Å². The first-order valence-corrected chi connectivity index (χ1v) is 6.97. The fraction of sp³-hybridized carbons (Fsp3) is 0.600. The Hall–Kier alpha value is -1.58. The van der Waals surface area contributed by atoms with E-state index in [4.69, 9.17) is 0 Å². The number of amides is 1. The molecule has 1 aliphatic heterocycles. The quantitative estimate of drug-likeness (QED) is 0.817. The maximum absolute atomic E-state index is 12.4. The number of hydrogen-bond acceptors (Lipinski definition) is 2. The number of nitrogens with zero attached hydrogens (tertiary/aromatic N) is 2. The van der Waals surface area contributed by atoms with Gasteiger partial charge in [0.05, 0.1) is 0 Å². The molecule has 2 rings (SSSR count). The highest BCUT2D eigenvalue weighted by Gasteiger charge is 2.28. The van der Waals surface area contributed by atoms with Gasteiger partial charge < -0.3 is 9.47 Å². The zero-order chi connectivity index (χ0) is 14.0. The van der Waals surface area contributed by atoms with Crippen molar-refractivity contribution in [1.29, 1.82) is 0 Å². The van der Waals surface area contributed by atoms with Crippen molar-refractivity contribution < 1.29 is 4.79 Å². The molecule has 0 aliphatic carbocycles. The summed E-state index contributed by atoms with van der Waals surface area (Å²) in [4.78, 5) is 26.1. The van der Waals surface area contributed by atoms with E-state index in [0.717, 1.165) is 18.4 Å². The topological polar surface area (TPSA) is 42.3 Å². The highest BCUT2D eigenvalue weighted by Crippen LogP contribution is 2.22. The van der Waals surface area contributed by atoms with Crippen LogP contribution in [0.1, 0.15) is 38.7 Å². The third kappa shape index (κ3) is 3.06. The third-order valence-electron chi connectivity index (χ3n) is 3.94. The molecule has 1 saturated heterocycles. The second-order valence-electron chi connectivity index (χ2n) is 5.60. The molecule has 2 atom stereocenters. The van der Waals surface area contributed by atoms with Gasteiger partial charge in [0.1, 0.15) is 6.54 Å². The van der Waals surface area contributed by atoms with Crippen LogP contribution in [0, 0.1) is 6.92 Å². The van der Waals surface area contributed by atoms with Crippen molar-refractivity contribution >= 4 is 5.91 Å². The average molecular weight is 262 g/mol. The molecule has 0 N–H and O–H groups in total. The number of pyridine rings is 1. The third-order valence-corrected chi connectivity index (χ3v) is 3.94. The lowest BCUT2D eigenvalue weighted by Gasteiger charge is -2.39. The maximum Gasteiger partial charge on any atom is 0.251 e. The molecule has 0 radical (unpaired) electrons. The Morgan fingerprint density at radius 1 is 1.32 bits per heavy atom. The number of likely N-dealkylation sites (tertiary alicyclic amines) is 1. The number of carbonyl (C=O) groups is 1. The van der Waals surface area contributed by atoms with E-state index in [1.54, 1.807) is 12.3 Å². The normalized spacial score (nSPS) is 23.4. The molecular formula is C15H22N2O2. The molecule has 19 heavy (non-hydrogen) atoms. The van der Waals surface area contributed by atoms with Crippen molar-refractivity contribution in [2.45, 2.75) is 58.7 Å². The van der Waals surface area contributed by atoms with Crippen molar-refractivity contribution in [2.75, 3.05) is 0 Å². The van der Waals surface area contributed by atoms with Crippen LogP contribution >= 0.6 is 0 Å². The number of carbonyl (C=O) groups excluding carboxylic acids is 1. The summed E-state index contributed by atoms with van der Waals surface area (Å²) in [5.74, 6) is 0.0469. The number of rotatable bonds is 2. The fourth-order valence-electron chi connectivity index (χ4n) is 2.88. The van der Waals surface area contributed by atoms with E-state index in [9.17, 15) is 9.59 Å². The Bertz CT molecular complexity index is 511. The average Bonchev–Trinajstić information content (AvgIpc) is 2.32. The minimum atomic E-state index is -0.106. The van der Waals surface area contributed by atoms with Gasteiger partial charge in [-0.2, -0.15) is 0 Å². The van der Waals surface area contributed by atoms with Crippen LogP contribution in [-0.4, -0.2) is 27.5 Å². The van der Waals surface area contributed by atoms with Crippen molar-refractivity contribution in [3.8, 4) is 0 Å². The predicted octanol–water partition coefficient (Wildman–Crippen LogP) is 1.95. The Morgan fingerprint density at radius 3 is 2.53 bits per heavy atom. The minimum Gasteiger partial charge on any atom is -0.336 e. The number of aromatic nitrogens is 1. The van der Waals surface area contributed by atoms with Crippen molar-refractivity contribution in [3.05, 3.63) is 34.2 Å². The molecule has 0 spiro atoms. The standard InChI is InChI=1S/C15H22N2O2/c1-11-7-8-16(14(18)9-11)10-15(19)17-12(2)5-4-6-13(17)3/h7-9,12-13H,4-6,10H2,1-3H3/t12-,13+. The van der Waals surface area contributed by atoms with E-state index < -0.39 is 0 Å². The van der Waals surface area contributed by atoms with Crippen LogP contribution in [0.25, 0.3) is 0 Å². The molecule has 1 aromatic heterocycles. The lowest BCUT2D eigenvalue weighted by Crippen LogP contribution is -2.49. The van der Waals surface area contributed by atoms with Gasteiger partial charge in [-0.1, -0.05) is 0 Å². The zero-order valence-corrected chi connectivity index (χ0v) is 11.9. The Morgan fingerprint density at radius 2 is 1.95 bits per heavy atom. The Labute approximate surface area is 114 Å². The monoisotopic (exact) mass is 262 g/mol. The van der Waals surface area contributed by atoms with Crippen LogP contribution in [0.2, 0.25) is 0 Å². The number of piperidine rings is 1. The van der Waals surface area contributed by atoms with Gasteiger partial charge >= 0.3 is 0 Å². The largest absolute Gasteiger partial charge is 0.336 e. The summed E-state index contributed by atoms with van der Waals surface area (Å²) in [5, 5.41) is 0. The van der Waals surface area contributed by atoms with Gasteiger partial charge in [-0.25, -0.2) is 0 Å². The van der Waals surface area contributed by atoms with Gasteiger partial charge in [0.25, 0.3) is 5.56 Å². The first-order chi connectivity index (χ1) is 8.99. The van der Waals surface area contributed by atoms with Gasteiger partial charge in [0.2, 0.25) is 5.91 Å². The summed E-state index contributed by atoms with van der Waals surface area (Å²) in [6.45, 7) is 6.20. The number of hydrogen-bond donors (Lipinski definition) is 0. The smallest absolute Gasteiger partial charge is 0.251 e. The molecule has 1 aromatic rings. The lowest BCUT2D eigenvalue weighted by atomic mass is 9.97. The van der Waals surface area contributed by atoms with E-state index in [1.165, 1.54) is 11.0 Å². The Kier molecular flexibility index (Phi) is 4.08. The second kappa shape index (κ2) is 5.59. The SMILES string of the molecule is Cc1ccn(CC(=O)N2[C@H](C)CCC[C@@H]2C)c(=O)c1. The minimum absolute atomic E-state index is 0.0469. The molecule has 2 heterocycles. The molecule has 104 valence electrons. The number of aryl methyl sites for hydroxylation is 1. The van der Waals surface area contributed by atoms with Crippen LogP contribution in [0.3, 0.4) is 0 Å². The molecule has 0 saturated carbocycles. The molecule has 0 bridgehead atoms. The molecule has 1 fully saturated rings. The Balaban J connectivity index is 2.14. The van der Waals surface area contributed by atoms with Crippen molar-refractivity contribution in [2.24, 2.45) is 0 Å². The van der Waals surface area contributed by atoms with Gasteiger partial charge in [-0.15, -0.1) is 0 Å². The summed E-state index contributed by atoms with van der Waals surface area (Å²) >= 11 is 0. The van der Waals surface area contributed by atoms with E-state index in [0.29, 0.717) is 0 Å². The summed E-state index contributed by atoms with van der Waals surface area (Å²) < 4.78 is 1.49. The summed E-state index contributed by atoms with van der Waals surface area (Å²) in [5.41, 5.74) is 0.819. The fourth-order valence-corrected chi connectivity index (χ4v) is 2.88. The maximum atomic E-state index is 12.4. The van der Waals surface area contributed by atoms with E-state index >= 15 is 0 Å². The summed E-state index contributed by atoms with van der Waals surface area (Å²) in [7, 11) is 0. The molecular weight excluding hydrogens is 240 g/mol. The van der Waals surface area contributed by atoms with Gasteiger partial charge in [0.15, 0.2) is 0 Å². The molecule has 4 heteroatoms. The van der Waals surface area contributed by atoms with Crippen LogP contribution in [0.5, 0.6) is 0 Å². The predicted molar refractivity (Wildman–Crippen MR) is 75.1 cm³/mol. The second-order valence-corrected chi connectivity index (χ2v) is 5.60. The van der Waals surface area contributed by atoms with Gasteiger partial charge in [0, 0.05) is 24.3 Å². The lowest BCUT2D eigenvalue weighted by molar-refractivity contribution is -0.138. The first kappa shape index (κ1) is 13.8. The van der Waals surface area contributed by atoms with Crippen LogP contribution < -0.4 is 5.56 Å². The highest BCUT2D eigenvalue weighted by molar-refractivity contribution is 5.76. The molecule has 0 aromatic carbocycles. The van der Waals surface area contributed by atoms with E-state index in [-0.39, 0.29) is 30.1 Å². The van der Waals surface area contributed by atoms with Gasteiger partial charge in [-0.3, -0.25) is 9.59 Å². The zero-order valence-electron chi connectivity index (χ0n) is 11.9. The summed E-state index contributed by atoms with van der Waals surface area (Å²) in [6.07, 6.45) is 4.99. The van der Waals surface area contributed by atoms with Crippen molar-refractivity contribution in [1.82, 2.24) is 9.47 Å². The van der Waals surface area contributed by atoms with Crippen molar-refractivity contribution in [3.63, 3.8) is 0 Å². The first-order valence-electron chi connectivity index (χ1n) is 6.97. The van der Waals surface area contributed by atoms with Crippen LogP contribution in [0.4, 0.5) is 0 Å². The highest BCUT2D eigenvalue weighted by atomic mass is 16.2. The summed E-state index contributed by atoms with van der Waals surface area (Å²) in [6, 6.07) is 3.98.